The first-order chi connectivity index (χ1) is 8.84. The molecule has 2 heterocycles. The Labute approximate surface area is 111 Å². The van der Waals surface area contributed by atoms with Crippen LogP contribution in [0.2, 0.25) is 0 Å². The quantitative estimate of drug-likeness (QED) is 0.523. The molecule has 5 nitrogen and oxygen atoms in total. The topological polar surface area (TPSA) is 72.8 Å². The van der Waals surface area contributed by atoms with Gasteiger partial charge in [-0.2, -0.15) is 0 Å². The molecule has 0 aromatic carbocycles. The first-order valence-corrected chi connectivity index (χ1v) is 6.63. The van der Waals surface area contributed by atoms with E-state index in [1.54, 1.807) is 0 Å². The summed E-state index contributed by atoms with van der Waals surface area (Å²) in [5.74, 6) is -1.18. The molecule has 5 heteroatoms. The van der Waals surface area contributed by atoms with Gasteiger partial charge in [0.05, 0.1) is 5.92 Å². The summed E-state index contributed by atoms with van der Waals surface area (Å²) in [6.45, 7) is 7.59. The van der Waals surface area contributed by atoms with Gasteiger partial charge in [-0.1, -0.05) is 20.4 Å². The van der Waals surface area contributed by atoms with Crippen LogP contribution in [0.25, 0.3) is 0 Å². The Morgan fingerprint density at radius 2 is 2.05 bits per heavy atom. The smallest absolute Gasteiger partial charge is 0.334 e. The van der Waals surface area contributed by atoms with Gasteiger partial charge in [0.15, 0.2) is 0 Å². The summed E-state index contributed by atoms with van der Waals surface area (Å²) in [5.41, 5.74) is -0.224. The molecule has 0 bridgehead atoms. The average molecular weight is 266 g/mol. The molecule has 2 saturated heterocycles. The number of fused-ring (bicyclic) bond motifs is 2. The third kappa shape index (κ3) is 1.57. The molecule has 1 N–H and O–H groups in total. The van der Waals surface area contributed by atoms with Crippen molar-refractivity contribution in [3.05, 3.63) is 12.2 Å². The number of aliphatic hydroxyl groups excluding tert-OH is 1. The van der Waals surface area contributed by atoms with Crippen molar-refractivity contribution in [3.8, 4) is 0 Å². The highest BCUT2D eigenvalue weighted by Gasteiger charge is 2.60. The van der Waals surface area contributed by atoms with Crippen molar-refractivity contribution in [1.29, 1.82) is 0 Å². The van der Waals surface area contributed by atoms with Crippen LogP contribution >= 0.6 is 0 Å². The summed E-state index contributed by atoms with van der Waals surface area (Å²) < 4.78 is 10.3. The van der Waals surface area contributed by atoms with Gasteiger partial charge in [0, 0.05) is 16.9 Å². The van der Waals surface area contributed by atoms with Gasteiger partial charge < -0.3 is 14.6 Å². The fourth-order valence-corrected chi connectivity index (χ4v) is 3.97. The van der Waals surface area contributed by atoms with Gasteiger partial charge >= 0.3 is 11.9 Å². The van der Waals surface area contributed by atoms with Gasteiger partial charge in [0.1, 0.15) is 6.10 Å². The largest absolute Gasteiger partial charge is 0.458 e. The van der Waals surface area contributed by atoms with Crippen molar-refractivity contribution in [2.75, 3.05) is 0 Å². The van der Waals surface area contributed by atoms with Gasteiger partial charge in [-0.05, 0) is 18.8 Å². The second-order valence-electron chi connectivity index (χ2n) is 6.27. The molecule has 1 aliphatic carbocycles. The van der Waals surface area contributed by atoms with E-state index < -0.39 is 11.7 Å². The maximum absolute atomic E-state index is 11.9. The summed E-state index contributed by atoms with van der Waals surface area (Å²) in [6, 6.07) is 0. The van der Waals surface area contributed by atoms with E-state index in [-0.39, 0.29) is 35.8 Å². The molecule has 3 aliphatic rings. The zero-order valence-electron chi connectivity index (χ0n) is 11.1. The number of aliphatic hydroxyl groups is 1. The number of carbonyl (C=O) groups excluding carboxylic acids is 2. The van der Waals surface area contributed by atoms with Crippen LogP contribution in [-0.2, 0) is 19.1 Å². The summed E-state index contributed by atoms with van der Waals surface area (Å²) >= 11 is 0. The van der Waals surface area contributed by atoms with Crippen molar-refractivity contribution >= 4 is 11.9 Å². The Balaban J connectivity index is 2.01. The monoisotopic (exact) mass is 266 g/mol. The highest BCUT2D eigenvalue weighted by Crippen LogP contribution is 2.54. The van der Waals surface area contributed by atoms with Gasteiger partial charge in [0.2, 0.25) is 6.29 Å². The predicted octanol–water partition coefficient (Wildman–Crippen LogP) is 1.01. The Morgan fingerprint density at radius 1 is 1.37 bits per heavy atom. The van der Waals surface area contributed by atoms with Crippen molar-refractivity contribution < 1.29 is 24.2 Å². The van der Waals surface area contributed by atoms with E-state index in [1.807, 2.05) is 13.8 Å². The van der Waals surface area contributed by atoms with Crippen LogP contribution in [0, 0.1) is 23.2 Å². The van der Waals surface area contributed by atoms with E-state index in [0.717, 1.165) is 0 Å². The lowest BCUT2D eigenvalue weighted by atomic mass is 9.69. The van der Waals surface area contributed by atoms with Crippen LogP contribution in [0.3, 0.4) is 0 Å². The zero-order valence-corrected chi connectivity index (χ0v) is 11.1. The number of esters is 2. The molecule has 0 aromatic rings. The predicted molar refractivity (Wildman–Crippen MR) is 64.6 cm³/mol. The maximum Gasteiger partial charge on any atom is 0.334 e. The Kier molecular flexibility index (Phi) is 2.55. The Hall–Kier alpha value is -1.36. The molecule has 0 spiro atoms. The van der Waals surface area contributed by atoms with E-state index in [4.69, 9.17) is 9.47 Å². The van der Waals surface area contributed by atoms with Gasteiger partial charge in [0.25, 0.3) is 0 Å². The van der Waals surface area contributed by atoms with Gasteiger partial charge in [-0.3, -0.25) is 4.79 Å². The third-order valence-corrected chi connectivity index (χ3v) is 5.01. The lowest BCUT2D eigenvalue weighted by Gasteiger charge is -2.31. The summed E-state index contributed by atoms with van der Waals surface area (Å²) in [7, 11) is 0. The third-order valence-electron chi connectivity index (χ3n) is 5.01. The summed E-state index contributed by atoms with van der Waals surface area (Å²) in [5, 5.41) is 10.1. The van der Waals surface area contributed by atoms with Crippen molar-refractivity contribution in [2.45, 2.75) is 39.1 Å². The van der Waals surface area contributed by atoms with Crippen LogP contribution in [0.1, 0.15) is 26.7 Å². The van der Waals surface area contributed by atoms with Gasteiger partial charge in [-0.25, -0.2) is 4.79 Å². The van der Waals surface area contributed by atoms with Crippen molar-refractivity contribution in [3.63, 3.8) is 0 Å². The minimum Gasteiger partial charge on any atom is -0.458 e. The molecule has 0 amide bonds. The van der Waals surface area contributed by atoms with Crippen LogP contribution in [0.4, 0.5) is 0 Å². The molecule has 1 saturated carbocycles. The number of hydrogen-bond donors (Lipinski definition) is 1. The second-order valence-corrected chi connectivity index (χ2v) is 6.27. The SMILES string of the molecule is C=C1C(=O)O[C@@H]2C[C@@H](C)[C@@H]3C(=O)O[C@@H](O)[C@@]3(C)C[C@H]12. The minimum absolute atomic E-state index is 0.00310. The molecule has 3 rings (SSSR count). The number of hydrogen-bond acceptors (Lipinski definition) is 5. The van der Waals surface area contributed by atoms with E-state index in [1.165, 1.54) is 0 Å². The first kappa shape index (κ1) is 12.7. The fourth-order valence-electron chi connectivity index (χ4n) is 3.97. The summed E-state index contributed by atoms with van der Waals surface area (Å²) in [6.07, 6.45) is -0.242. The number of cyclic esters (lactones) is 1. The van der Waals surface area contributed by atoms with Crippen molar-refractivity contribution in [2.24, 2.45) is 23.2 Å². The maximum atomic E-state index is 11.9. The standard InChI is InChI=1S/C14H18O5/c1-6-4-9-8(7(2)11(15)18-9)5-14(3)10(6)12(16)19-13(14)17/h6,8-10,13,17H,2,4-5H2,1,3H3/t6-,8-,9-,10-,13-,14+/m1/s1. The molecular weight excluding hydrogens is 248 g/mol. The molecule has 104 valence electrons. The first-order valence-electron chi connectivity index (χ1n) is 6.63. The lowest BCUT2D eigenvalue weighted by molar-refractivity contribution is -0.162. The van der Waals surface area contributed by atoms with E-state index >= 15 is 0 Å². The minimum atomic E-state index is -1.12. The average Bonchev–Trinajstić information content (AvgIpc) is 2.63. The van der Waals surface area contributed by atoms with Crippen LogP contribution < -0.4 is 0 Å². The molecule has 0 aromatic heterocycles. The van der Waals surface area contributed by atoms with E-state index in [2.05, 4.69) is 6.58 Å². The van der Waals surface area contributed by atoms with Crippen LogP contribution in [0.5, 0.6) is 0 Å². The molecule has 0 unspecified atom stereocenters. The number of carbonyl (C=O) groups is 2. The molecule has 0 radical (unpaired) electrons. The molecule has 2 aliphatic heterocycles. The molecule has 19 heavy (non-hydrogen) atoms. The highest BCUT2D eigenvalue weighted by molar-refractivity contribution is 5.91. The fraction of sp³-hybridized carbons (Fsp3) is 0.714. The highest BCUT2D eigenvalue weighted by atomic mass is 16.6. The normalized spacial score (nSPS) is 49.2. The van der Waals surface area contributed by atoms with E-state index in [0.29, 0.717) is 18.4 Å². The zero-order chi connectivity index (χ0) is 13.9. The Morgan fingerprint density at radius 3 is 2.74 bits per heavy atom. The molecular formula is C14H18O5. The van der Waals surface area contributed by atoms with Gasteiger partial charge in [-0.15, -0.1) is 0 Å². The summed E-state index contributed by atoms with van der Waals surface area (Å²) in [4.78, 5) is 23.6. The number of ether oxygens (including phenoxy) is 2. The van der Waals surface area contributed by atoms with E-state index in [9.17, 15) is 14.7 Å². The van der Waals surface area contributed by atoms with Crippen molar-refractivity contribution in [1.82, 2.24) is 0 Å². The Bertz CT molecular complexity index is 470. The van der Waals surface area contributed by atoms with Crippen LogP contribution in [0.15, 0.2) is 12.2 Å². The number of rotatable bonds is 0. The lowest BCUT2D eigenvalue weighted by Crippen LogP contribution is -2.37. The molecule has 3 fully saturated rings. The second kappa shape index (κ2) is 3.82. The van der Waals surface area contributed by atoms with Crippen LogP contribution in [-0.4, -0.2) is 29.4 Å². The molecule has 6 atom stereocenters.